The van der Waals surface area contributed by atoms with Crippen LogP contribution in [0.5, 0.6) is 5.75 Å². The molecular formula is C13H14N2O2. The second-order valence-corrected chi connectivity index (χ2v) is 3.74. The number of nitrogen functional groups attached to an aromatic ring is 1. The number of nitrogens with zero attached hydrogens (tertiary/aromatic N) is 1. The van der Waals surface area contributed by atoms with E-state index < -0.39 is 0 Å². The first kappa shape index (κ1) is 11.3. The maximum atomic E-state index is 11.6. The highest BCUT2D eigenvalue weighted by Gasteiger charge is 2.03. The predicted molar refractivity (Wildman–Crippen MR) is 67.2 cm³/mol. The van der Waals surface area contributed by atoms with Crippen LogP contribution in [0.1, 0.15) is 5.56 Å². The SMILES string of the molecule is COc1ccccc1Cn1cc(N)ccc1=O. The van der Waals surface area contributed by atoms with E-state index in [4.69, 9.17) is 10.5 Å². The summed E-state index contributed by atoms with van der Waals surface area (Å²) in [7, 11) is 1.61. The van der Waals surface area contributed by atoms with Crippen molar-refractivity contribution in [2.24, 2.45) is 0 Å². The lowest BCUT2D eigenvalue weighted by Gasteiger charge is -2.10. The highest BCUT2D eigenvalue weighted by atomic mass is 16.5. The second-order valence-electron chi connectivity index (χ2n) is 3.74. The minimum Gasteiger partial charge on any atom is -0.496 e. The molecule has 0 atom stereocenters. The molecule has 88 valence electrons. The number of para-hydroxylation sites is 1. The highest BCUT2D eigenvalue weighted by molar-refractivity contribution is 5.36. The Hall–Kier alpha value is -2.23. The van der Waals surface area contributed by atoms with Gasteiger partial charge in [-0.2, -0.15) is 0 Å². The molecule has 17 heavy (non-hydrogen) atoms. The fourth-order valence-corrected chi connectivity index (χ4v) is 1.69. The second kappa shape index (κ2) is 4.74. The van der Waals surface area contributed by atoms with E-state index in [1.54, 1.807) is 23.9 Å². The number of hydrogen-bond acceptors (Lipinski definition) is 3. The number of methoxy groups -OCH3 is 1. The molecule has 1 heterocycles. The first-order valence-corrected chi connectivity index (χ1v) is 5.28. The van der Waals surface area contributed by atoms with Crippen LogP contribution in [0.3, 0.4) is 0 Å². The van der Waals surface area contributed by atoms with Crippen LogP contribution in [0.4, 0.5) is 5.69 Å². The van der Waals surface area contributed by atoms with Crippen LogP contribution in [0, 0.1) is 0 Å². The third-order valence-corrected chi connectivity index (χ3v) is 2.54. The fourth-order valence-electron chi connectivity index (χ4n) is 1.69. The zero-order valence-corrected chi connectivity index (χ0v) is 9.59. The molecule has 0 unspecified atom stereocenters. The molecule has 0 aliphatic rings. The molecule has 0 fully saturated rings. The van der Waals surface area contributed by atoms with Crippen molar-refractivity contribution in [3.05, 3.63) is 58.5 Å². The Morgan fingerprint density at radius 1 is 1.24 bits per heavy atom. The van der Waals surface area contributed by atoms with Gasteiger partial charge in [0.25, 0.3) is 5.56 Å². The third-order valence-electron chi connectivity index (χ3n) is 2.54. The molecule has 0 radical (unpaired) electrons. The summed E-state index contributed by atoms with van der Waals surface area (Å²) >= 11 is 0. The number of rotatable bonds is 3. The highest BCUT2D eigenvalue weighted by Crippen LogP contribution is 2.17. The molecule has 1 aromatic heterocycles. The summed E-state index contributed by atoms with van der Waals surface area (Å²) in [6.45, 7) is 0.452. The van der Waals surface area contributed by atoms with Crippen LogP contribution in [0.25, 0.3) is 0 Å². The van der Waals surface area contributed by atoms with E-state index in [1.807, 2.05) is 24.3 Å². The number of hydrogen-bond donors (Lipinski definition) is 1. The van der Waals surface area contributed by atoms with Crippen molar-refractivity contribution in [3.8, 4) is 5.75 Å². The smallest absolute Gasteiger partial charge is 0.250 e. The number of anilines is 1. The number of nitrogens with two attached hydrogens (primary N) is 1. The first-order chi connectivity index (χ1) is 8.20. The van der Waals surface area contributed by atoms with Crippen LogP contribution in [0.2, 0.25) is 0 Å². The number of pyridine rings is 1. The van der Waals surface area contributed by atoms with Gasteiger partial charge in [-0.1, -0.05) is 18.2 Å². The Kier molecular flexibility index (Phi) is 3.14. The lowest BCUT2D eigenvalue weighted by molar-refractivity contribution is 0.408. The average molecular weight is 230 g/mol. The first-order valence-electron chi connectivity index (χ1n) is 5.28. The summed E-state index contributed by atoms with van der Waals surface area (Å²) in [5.41, 5.74) is 7.10. The zero-order valence-electron chi connectivity index (χ0n) is 9.59. The van der Waals surface area contributed by atoms with E-state index in [2.05, 4.69) is 0 Å². The van der Waals surface area contributed by atoms with Crippen molar-refractivity contribution in [3.63, 3.8) is 0 Å². The minimum absolute atomic E-state index is 0.0786. The van der Waals surface area contributed by atoms with E-state index in [1.165, 1.54) is 6.07 Å². The fraction of sp³-hybridized carbons (Fsp3) is 0.154. The molecule has 0 bridgehead atoms. The zero-order chi connectivity index (χ0) is 12.3. The Morgan fingerprint density at radius 3 is 2.76 bits per heavy atom. The van der Waals surface area contributed by atoms with Gasteiger partial charge < -0.3 is 15.0 Å². The van der Waals surface area contributed by atoms with E-state index in [0.29, 0.717) is 12.2 Å². The molecule has 2 N–H and O–H groups in total. The van der Waals surface area contributed by atoms with Crippen molar-refractivity contribution in [2.45, 2.75) is 6.54 Å². The summed E-state index contributed by atoms with van der Waals surface area (Å²) < 4.78 is 6.80. The molecule has 0 aliphatic carbocycles. The van der Waals surface area contributed by atoms with E-state index in [-0.39, 0.29) is 5.56 Å². The number of ether oxygens (including phenoxy) is 1. The van der Waals surface area contributed by atoms with Crippen LogP contribution in [0.15, 0.2) is 47.4 Å². The molecule has 0 amide bonds. The van der Waals surface area contributed by atoms with Gasteiger partial charge in [-0.15, -0.1) is 0 Å². The van der Waals surface area contributed by atoms with Gasteiger partial charge in [-0.25, -0.2) is 0 Å². The average Bonchev–Trinajstić information content (AvgIpc) is 2.34. The van der Waals surface area contributed by atoms with E-state index in [9.17, 15) is 4.79 Å². The topological polar surface area (TPSA) is 57.2 Å². The van der Waals surface area contributed by atoms with Crippen LogP contribution >= 0.6 is 0 Å². The van der Waals surface area contributed by atoms with Crippen molar-refractivity contribution in [1.82, 2.24) is 4.57 Å². The number of aromatic nitrogens is 1. The maximum absolute atomic E-state index is 11.6. The lowest BCUT2D eigenvalue weighted by atomic mass is 10.2. The molecular weight excluding hydrogens is 216 g/mol. The Morgan fingerprint density at radius 2 is 2.00 bits per heavy atom. The van der Waals surface area contributed by atoms with Gasteiger partial charge in [0.15, 0.2) is 0 Å². The van der Waals surface area contributed by atoms with Crippen LogP contribution in [-0.4, -0.2) is 11.7 Å². The molecule has 0 saturated heterocycles. The Bertz CT molecular complexity index is 576. The number of benzene rings is 1. The molecule has 2 aromatic rings. The summed E-state index contributed by atoms with van der Waals surface area (Å²) in [6.07, 6.45) is 1.63. The van der Waals surface area contributed by atoms with Gasteiger partial charge in [0.1, 0.15) is 5.75 Å². The summed E-state index contributed by atoms with van der Waals surface area (Å²) in [6, 6.07) is 10.7. The molecule has 4 nitrogen and oxygen atoms in total. The standard InChI is InChI=1S/C13H14N2O2/c1-17-12-5-3-2-4-10(12)8-15-9-11(14)6-7-13(15)16/h2-7,9H,8,14H2,1H3. The van der Waals surface area contributed by atoms with Crippen LogP contribution < -0.4 is 16.0 Å². The monoisotopic (exact) mass is 230 g/mol. The van der Waals surface area contributed by atoms with Gasteiger partial charge >= 0.3 is 0 Å². The summed E-state index contributed by atoms with van der Waals surface area (Å²) in [4.78, 5) is 11.6. The molecule has 1 aromatic carbocycles. The largest absolute Gasteiger partial charge is 0.496 e. The summed E-state index contributed by atoms with van der Waals surface area (Å²) in [5, 5.41) is 0. The van der Waals surface area contributed by atoms with Gasteiger partial charge in [0, 0.05) is 23.5 Å². The van der Waals surface area contributed by atoms with Gasteiger partial charge in [0.2, 0.25) is 0 Å². The Balaban J connectivity index is 2.37. The minimum atomic E-state index is -0.0786. The predicted octanol–water partition coefficient (Wildman–Crippen LogP) is 1.49. The molecule has 0 spiro atoms. The molecule has 2 rings (SSSR count). The van der Waals surface area contributed by atoms with E-state index >= 15 is 0 Å². The van der Waals surface area contributed by atoms with Crippen molar-refractivity contribution >= 4 is 5.69 Å². The lowest BCUT2D eigenvalue weighted by Crippen LogP contribution is -2.19. The maximum Gasteiger partial charge on any atom is 0.250 e. The summed E-state index contributed by atoms with van der Waals surface area (Å²) in [5.74, 6) is 0.766. The van der Waals surface area contributed by atoms with Gasteiger partial charge in [-0.05, 0) is 12.1 Å². The van der Waals surface area contributed by atoms with E-state index in [0.717, 1.165) is 11.3 Å². The van der Waals surface area contributed by atoms with Crippen LogP contribution in [-0.2, 0) is 6.54 Å². The molecule has 0 saturated carbocycles. The Labute approximate surface area is 99.3 Å². The van der Waals surface area contributed by atoms with Crippen molar-refractivity contribution in [1.29, 1.82) is 0 Å². The molecule has 4 heteroatoms. The quantitative estimate of drug-likeness (QED) is 0.869. The third kappa shape index (κ3) is 2.47. The van der Waals surface area contributed by atoms with Crippen molar-refractivity contribution in [2.75, 3.05) is 12.8 Å². The van der Waals surface area contributed by atoms with Gasteiger partial charge in [0.05, 0.1) is 13.7 Å². The molecule has 0 aliphatic heterocycles. The normalized spacial score (nSPS) is 10.2. The van der Waals surface area contributed by atoms with Crippen molar-refractivity contribution < 1.29 is 4.74 Å². The van der Waals surface area contributed by atoms with Gasteiger partial charge in [-0.3, -0.25) is 4.79 Å².